The van der Waals surface area contributed by atoms with Crippen molar-refractivity contribution in [2.45, 2.75) is 19.8 Å². The molecule has 0 atom stereocenters. The number of nitrogens with one attached hydrogen (secondary N) is 2. The molecule has 10 heteroatoms. The smallest absolute Gasteiger partial charge is 0.263 e. The maximum atomic E-state index is 13.0. The number of hydrogen-bond acceptors (Lipinski definition) is 6. The second kappa shape index (κ2) is 8.88. The largest absolute Gasteiger partial charge is 0.484 e. The van der Waals surface area contributed by atoms with Gasteiger partial charge in [0.25, 0.3) is 11.5 Å². The van der Waals surface area contributed by atoms with Crippen LogP contribution in [0.2, 0.25) is 0 Å². The van der Waals surface area contributed by atoms with Gasteiger partial charge in [0.2, 0.25) is 5.95 Å². The van der Waals surface area contributed by atoms with Crippen molar-refractivity contribution < 1.29 is 18.3 Å². The van der Waals surface area contributed by atoms with Gasteiger partial charge in [0, 0.05) is 12.1 Å². The third-order valence-electron chi connectivity index (χ3n) is 4.48. The Balaban J connectivity index is 1.63. The van der Waals surface area contributed by atoms with Gasteiger partial charge in [-0.15, -0.1) is 0 Å². The molecule has 1 aromatic carbocycles. The van der Waals surface area contributed by atoms with Gasteiger partial charge in [-0.3, -0.25) is 14.6 Å². The number of benzene rings is 1. The molecule has 32 heavy (non-hydrogen) atoms. The molecule has 0 aliphatic heterocycles. The molecule has 164 valence electrons. The van der Waals surface area contributed by atoms with Gasteiger partial charge in [0.15, 0.2) is 12.4 Å². The Labute approximate surface area is 181 Å². The van der Waals surface area contributed by atoms with Gasteiger partial charge in [0.05, 0.1) is 12.0 Å². The molecule has 2 N–H and O–H groups in total. The summed E-state index contributed by atoms with van der Waals surface area (Å²) in [6.07, 6.45) is 1.50. The average molecular weight is 437 g/mol. The fraction of sp³-hybridized carbons (Fsp3) is 0.182. The Morgan fingerprint density at radius 2 is 2.03 bits per heavy atom. The number of carbonyl (C=O) groups excluding carboxylic acids is 1. The van der Waals surface area contributed by atoms with Crippen molar-refractivity contribution in [3.8, 4) is 23.2 Å². The Bertz CT molecular complexity index is 1280. The maximum absolute atomic E-state index is 13.0. The predicted octanol–water partition coefficient (Wildman–Crippen LogP) is 3.50. The number of aromatic nitrogens is 4. The average Bonchev–Trinajstić information content (AvgIpc) is 3.43. The zero-order chi connectivity index (χ0) is 22.7. The van der Waals surface area contributed by atoms with E-state index >= 15 is 0 Å². The molecule has 0 radical (unpaired) electrons. The number of ether oxygens (including phenoxy) is 1. The third-order valence-corrected chi connectivity index (χ3v) is 4.48. The van der Waals surface area contributed by atoms with Crippen LogP contribution in [-0.2, 0) is 4.79 Å². The highest BCUT2D eigenvalue weighted by molar-refractivity contribution is 5.91. The zero-order valence-electron chi connectivity index (χ0n) is 17.3. The minimum Gasteiger partial charge on any atom is -0.484 e. The predicted molar refractivity (Wildman–Crippen MR) is 114 cm³/mol. The molecule has 0 saturated carbocycles. The first-order chi connectivity index (χ1) is 15.4. The van der Waals surface area contributed by atoms with Gasteiger partial charge in [-0.1, -0.05) is 13.8 Å². The number of hydrogen-bond donors (Lipinski definition) is 2. The fourth-order valence-electron chi connectivity index (χ4n) is 2.89. The van der Waals surface area contributed by atoms with Gasteiger partial charge < -0.3 is 14.5 Å². The van der Waals surface area contributed by atoms with E-state index < -0.39 is 11.7 Å². The van der Waals surface area contributed by atoms with Gasteiger partial charge in [-0.05, 0) is 42.3 Å². The highest BCUT2D eigenvalue weighted by Crippen LogP contribution is 2.24. The zero-order valence-corrected chi connectivity index (χ0v) is 17.3. The normalized spacial score (nSPS) is 11.0. The summed E-state index contributed by atoms with van der Waals surface area (Å²) < 4.78 is 25.1. The minimum absolute atomic E-state index is 0.0123. The van der Waals surface area contributed by atoms with E-state index in [1.165, 1.54) is 41.3 Å². The molecule has 9 nitrogen and oxygen atoms in total. The van der Waals surface area contributed by atoms with E-state index in [4.69, 9.17) is 9.15 Å². The number of anilines is 1. The van der Waals surface area contributed by atoms with Crippen LogP contribution in [0.1, 0.15) is 25.5 Å². The van der Waals surface area contributed by atoms with Gasteiger partial charge >= 0.3 is 0 Å². The maximum Gasteiger partial charge on any atom is 0.263 e. The van der Waals surface area contributed by atoms with Crippen LogP contribution in [0.4, 0.5) is 10.2 Å². The standard InChI is InChI=1S/C22H20FN5O4/c1-13(2)16-11-20(29)26-22(24-16)28-19(10-17(27-28)18-4-3-9-31-18)25-21(30)12-32-15-7-5-14(23)6-8-15/h3-11,13H,12H2,1-2H3,(H,25,30)(H,24,26,29). The summed E-state index contributed by atoms with van der Waals surface area (Å²) in [6.45, 7) is 3.51. The molecular formula is C22H20FN5O4. The number of amides is 1. The Kier molecular flexibility index (Phi) is 5.84. The van der Waals surface area contributed by atoms with Crippen LogP contribution >= 0.6 is 0 Å². The van der Waals surface area contributed by atoms with Crippen molar-refractivity contribution >= 4 is 11.7 Å². The van der Waals surface area contributed by atoms with E-state index in [9.17, 15) is 14.0 Å². The Morgan fingerprint density at radius 3 is 2.72 bits per heavy atom. The Hall–Kier alpha value is -4.21. The van der Waals surface area contributed by atoms with E-state index in [1.54, 1.807) is 18.2 Å². The lowest BCUT2D eigenvalue weighted by molar-refractivity contribution is -0.118. The molecule has 4 aromatic rings. The Morgan fingerprint density at radius 1 is 1.25 bits per heavy atom. The molecule has 0 bridgehead atoms. The summed E-state index contributed by atoms with van der Waals surface area (Å²) in [4.78, 5) is 31.8. The summed E-state index contributed by atoms with van der Waals surface area (Å²) in [7, 11) is 0. The molecule has 0 saturated heterocycles. The molecule has 3 heterocycles. The van der Waals surface area contributed by atoms with Crippen molar-refractivity contribution in [1.82, 2.24) is 19.7 Å². The van der Waals surface area contributed by atoms with Crippen molar-refractivity contribution in [1.29, 1.82) is 0 Å². The lowest BCUT2D eigenvalue weighted by Gasteiger charge is -2.11. The highest BCUT2D eigenvalue weighted by Gasteiger charge is 2.18. The number of halogens is 1. The monoisotopic (exact) mass is 437 g/mol. The van der Waals surface area contributed by atoms with Gasteiger partial charge in [0.1, 0.15) is 23.1 Å². The molecule has 0 aliphatic rings. The number of nitrogens with zero attached hydrogens (tertiary/aromatic N) is 3. The van der Waals surface area contributed by atoms with Crippen molar-refractivity contribution in [2.75, 3.05) is 11.9 Å². The minimum atomic E-state index is -0.483. The van der Waals surface area contributed by atoms with Crippen LogP contribution in [0, 0.1) is 5.82 Å². The van der Waals surface area contributed by atoms with E-state index in [0.29, 0.717) is 22.9 Å². The van der Waals surface area contributed by atoms with Crippen molar-refractivity contribution in [3.63, 3.8) is 0 Å². The fourth-order valence-corrected chi connectivity index (χ4v) is 2.89. The summed E-state index contributed by atoms with van der Waals surface area (Å²) in [5, 5.41) is 7.14. The summed E-state index contributed by atoms with van der Waals surface area (Å²) >= 11 is 0. The number of rotatable bonds is 7. The van der Waals surface area contributed by atoms with Crippen molar-refractivity contribution in [3.05, 3.63) is 76.7 Å². The first-order valence-corrected chi connectivity index (χ1v) is 9.83. The van der Waals surface area contributed by atoms with Crippen molar-refractivity contribution in [2.24, 2.45) is 0 Å². The molecule has 3 aromatic heterocycles. The van der Waals surface area contributed by atoms with Gasteiger partial charge in [-0.2, -0.15) is 9.78 Å². The summed E-state index contributed by atoms with van der Waals surface area (Å²) in [5.41, 5.74) is 0.670. The molecular weight excluding hydrogens is 417 g/mol. The van der Waals surface area contributed by atoms with E-state index in [2.05, 4.69) is 20.4 Å². The third kappa shape index (κ3) is 4.75. The first-order valence-electron chi connectivity index (χ1n) is 9.83. The molecule has 0 fully saturated rings. The highest BCUT2D eigenvalue weighted by atomic mass is 19.1. The lowest BCUT2D eigenvalue weighted by atomic mass is 10.1. The second-order valence-corrected chi connectivity index (χ2v) is 7.24. The lowest BCUT2D eigenvalue weighted by Crippen LogP contribution is -2.23. The molecule has 4 rings (SSSR count). The molecule has 0 spiro atoms. The van der Waals surface area contributed by atoms with Crippen LogP contribution in [0.3, 0.4) is 0 Å². The number of H-pyrrole nitrogens is 1. The first kappa shape index (κ1) is 21.0. The SMILES string of the molecule is CC(C)c1cc(=O)[nH]c(-n2nc(-c3ccco3)cc2NC(=O)COc2ccc(F)cc2)n1. The van der Waals surface area contributed by atoms with Crippen LogP contribution in [0.25, 0.3) is 17.4 Å². The molecule has 1 amide bonds. The summed E-state index contributed by atoms with van der Waals surface area (Å²) in [6, 6.07) is 11.8. The van der Waals surface area contributed by atoms with Crippen LogP contribution in [0.5, 0.6) is 5.75 Å². The quantitative estimate of drug-likeness (QED) is 0.457. The van der Waals surface area contributed by atoms with E-state index in [-0.39, 0.29) is 29.9 Å². The van der Waals surface area contributed by atoms with Crippen LogP contribution in [0.15, 0.2) is 64.0 Å². The number of aromatic amines is 1. The summed E-state index contributed by atoms with van der Waals surface area (Å²) in [5.74, 6) is 0.358. The number of carbonyl (C=O) groups is 1. The van der Waals surface area contributed by atoms with E-state index in [1.807, 2.05) is 13.8 Å². The van der Waals surface area contributed by atoms with E-state index in [0.717, 1.165) is 0 Å². The second-order valence-electron chi connectivity index (χ2n) is 7.24. The molecule has 0 aliphatic carbocycles. The van der Waals surface area contributed by atoms with Crippen LogP contribution in [-0.4, -0.2) is 32.3 Å². The molecule has 0 unspecified atom stereocenters. The van der Waals surface area contributed by atoms with Crippen LogP contribution < -0.4 is 15.6 Å². The topological polar surface area (TPSA) is 115 Å². The van der Waals surface area contributed by atoms with Gasteiger partial charge in [-0.25, -0.2) is 9.37 Å². The number of furan rings is 1.